The Hall–Kier alpha value is -2.16. The number of aliphatic hydroxyl groups is 1. The molecule has 2 aromatic heterocycles. The quantitative estimate of drug-likeness (QED) is 0.349. The first kappa shape index (κ1) is 23.0. The molecule has 0 fully saturated rings. The molecule has 0 unspecified atom stereocenters. The molecule has 0 spiro atoms. The fourth-order valence-electron chi connectivity index (χ4n) is 3.21. The van der Waals surface area contributed by atoms with Gasteiger partial charge in [0.2, 0.25) is 0 Å². The number of hydrogen-bond acceptors (Lipinski definition) is 5. The van der Waals surface area contributed by atoms with E-state index in [2.05, 4.69) is 5.10 Å². The zero-order valence-corrected chi connectivity index (χ0v) is 20.6. The fraction of sp³-hybridized carbons (Fsp3) is 0.174. The van der Waals surface area contributed by atoms with E-state index in [0.29, 0.717) is 27.1 Å². The first-order chi connectivity index (χ1) is 14.9. The third kappa shape index (κ3) is 4.49. The van der Waals surface area contributed by atoms with Crippen LogP contribution in [-0.2, 0) is 15.4 Å². The van der Waals surface area contributed by atoms with Crippen LogP contribution in [-0.4, -0.2) is 29.6 Å². The van der Waals surface area contributed by atoms with Crippen molar-refractivity contribution in [2.45, 2.75) is 24.3 Å². The largest absolute Gasteiger partial charge is 0.384 e. The lowest BCUT2D eigenvalue weighted by molar-refractivity contribution is 0.0734. The van der Waals surface area contributed by atoms with E-state index >= 15 is 0 Å². The third-order valence-electron chi connectivity index (χ3n) is 4.88. The number of halogens is 2. The second kappa shape index (κ2) is 8.32. The number of thiophene rings is 1. The minimum Gasteiger partial charge on any atom is -0.384 e. The van der Waals surface area contributed by atoms with E-state index in [9.17, 15) is 13.5 Å². The highest BCUT2D eigenvalue weighted by Gasteiger charge is 2.26. The smallest absolute Gasteiger partial charge is 0.175 e. The molecular formula is C23H20Cl2N2O3S2. The van der Waals surface area contributed by atoms with Crippen molar-refractivity contribution in [3.8, 4) is 26.7 Å². The summed E-state index contributed by atoms with van der Waals surface area (Å²) in [5, 5.41) is 16.2. The summed E-state index contributed by atoms with van der Waals surface area (Å²) >= 11 is 14.5. The molecule has 9 heteroatoms. The maximum atomic E-state index is 12.0. The van der Waals surface area contributed by atoms with E-state index in [0.717, 1.165) is 15.3 Å². The lowest BCUT2D eigenvalue weighted by Gasteiger charge is -2.13. The number of benzene rings is 2. The van der Waals surface area contributed by atoms with Gasteiger partial charge in [-0.2, -0.15) is 5.10 Å². The molecule has 2 heterocycles. The molecule has 5 nitrogen and oxygen atoms in total. The summed E-state index contributed by atoms with van der Waals surface area (Å²) in [7, 11) is -3.33. The van der Waals surface area contributed by atoms with Gasteiger partial charge in [0, 0.05) is 11.1 Å². The first-order valence-corrected chi connectivity index (χ1v) is 13.1. The average Bonchev–Trinajstić information content (AvgIpc) is 3.31. The van der Waals surface area contributed by atoms with Crippen molar-refractivity contribution in [3.63, 3.8) is 0 Å². The van der Waals surface area contributed by atoms with Crippen molar-refractivity contribution >= 4 is 44.4 Å². The van der Waals surface area contributed by atoms with Crippen molar-refractivity contribution in [1.29, 1.82) is 0 Å². The van der Waals surface area contributed by atoms with Gasteiger partial charge in [-0.25, -0.2) is 13.1 Å². The Bertz CT molecular complexity index is 1420. The van der Waals surface area contributed by atoms with E-state index in [4.69, 9.17) is 23.2 Å². The summed E-state index contributed by atoms with van der Waals surface area (Å²) in [4.78, 5) is 1.79. The molecule has 1 N–H and O–H groups in total. The number of sulfone groups is 1. The lowest BCUT2D eigenvalue weighted by atomic mass is 10.1. The van der Waals surface area contributed by atoms with Crippen LogP contribution < -0.4 is 0 Å². The summed E-state index contributed by atoms with van der Waals surface area (Å²) in [6.07, 6.45) is 1.18. The monoisotopic (exact) mass is 506 g/mol. The van der Waals surface area contributed by atoms with Crippen molar-refractivity contribution < 1.29 is 13.5 Å². The van der Waals surface area contributed by atoms with Crippen molar-refractivity contribution in [3.05, 3.63) is 76.4 Å². The second-order valence-corrected chi connectivity index (χ2v) is 11.8. The standard InChI is InChI=1S/C23H20Cl2N2O3S2/c1-23(2,28)21-13-19(27(26-21)18-10-5-4-9-16(18)24)22-17(25)12-20(31-22)14-7-6-8-15(11-14)32(3,29)30/h4-13,28H,1-3H3. The molecule has 0 bridgehead atoms. The van der Waals surface area contributed by atoms with E-state index in [1.165, 1.54) is 17.6 Å². The average molecular weight is 507 g/mol. The number of rotatable bonds is 5. The van der Waals surface area contributed by atoms with Crippen LogP contribution in [0.15, 0.2) is 65.6 Å². The summed E-state index contributed by atoms with van der Waals surface area (Å²) in [6.45, 7) is 3.32. The molecule has 0 amide bonds. The Morgan fingerprint density at radius 3 is 2.38 bits per heavy atom. The Labute approximate surface area is 200 Å². The van der Waals surface area contributed by atoms with Gasteiger partial charge in [-0.1, -0.05) is 47.5 Å². The van der Waals surface area contributed by atoms with Gasteiger partial charge in [-0.3, -0.25) is 0 Å². The molecule has 0 saturated heterocycles. The number of para-hydroxylation sites is 1. The molecule has 4 aromatic rings. The lowest BCUT2D eigenvalue weighted by Crippen LogP contribution is -2.16. The topological polar surface area (TPSA) is 72.2 Å². The number of hydrogen-bond donors (Lipinski definition) is 1. The first-order valence-electron chi connectivity index (χ1n) is 9.63. The SMILES string of the molecule is CC(C)(O)c1cc(-c2sc(-c3cccc(S(C)(=O)=O)c3)cc2Cl)n(-c2ccccc2Cl)n1. The van der Waals surface area contributed by atoms with Crippen LogP contribution in [0.1, 0.15) is 19.5 Å². The molecule has 0 aliphatic rings. The molecule has 0 saturated carbocycles. The molecule has 32 heavy (non-hydrogen) atoms. The minimum absolute atomic E-state index is 0.242. The normalized spacial score (nSPS) is 12.3. The zero-order valence-electron chi connectivity index (χ0n) is 17.5. The second-order valence-electron chi connectivity index (χ2n) is 7.92. The van der Waals surface area contributed by atoms with Crippen LogP contribution in [0.3, 0.4) is 0 Å². The Morgan fingerprint density at radius 1 is 1.00 bits per heavy atom. The van der Waals surface area contributed by atoms with Crippen LogP contribution in [0.4, 0.5) is 0 Å². The predicted molar refractivity (Wildman–Crippen MR) is 131 cm³/mol. The molecular weight excluding hydrogens is 487 g/mol. The molecule has 0 aliphatic carbocycles. The maximum absolute atomic E-state index is 12.0. The van der Waals surface area contributed by atoms with Crippen LogP contribution in [0, 0.1) is 0 Å². The number of aromatic nitrogens is 2. The summed E-state index contributed by atoms with van der Waals surface area (Å²) in [5.74, 6) is 0. The van der Waals surface area contributed by atoms with Gasteiger partial charge in [0.15, 0.2) is 9.84 Å². The Kier molecular flexibility index (Phi) is 5.98. The van der Waals surface area contributed by atoms with Gasteiger partial charge in [-0.15, -0.1) is 11.3 Å². The minimum atomic E-state index is -3.33. The van der Waals surface area contributed by atoms with Crippen molar-refractivity contribution in [2.24, 2.45) is 0 Å². The fourth-order valence-corrected chi connectivity index (χ4v) is 5.53. The zero-order chi connectivity index (χ0) is 23.3. The third-order valence-corrected chi connectivity index (χ3v) is 7.93. The highest BCUT2D eigenvalue weighted by molar-refractivity contribution is 7.90. The Balaban J connectivity index is 1.90. The molecule has 4 rings (SSSR count). The predicted octanol–water partition coefficient (Wildman–Crippen LogP) is 6.21. The molecule has 166 valence electrons. The van der Waals surface area contributed by atoms with E-state index in [1.54, 1.807) is 54.9 Å². The highest BCUT2D eigenvalue weighted by Crippen LogP contribution is 2.43. The van der Waals surface area contributed by atoms with Gasteiger partial charge < -0.3 is 5.11 Å². The van der Waals surface area contributed by atoms with E-state index < -0.39 is 15.4 Å². The number of nitrogens with zero attached hydrogens (tertiary/aromatic N) is 2. The summed E-state index contributed by atoms with van der Waals surface area (Å²) < 4.78 is 25.6. The molecule has 2 aromatic carbocycles. The van der Waals surface area contributed by atoms with E-state index in [1.807, 2.05) is 24.3 Å². The van der Waals surface area contributed by atoms with Crippen LogP contribution in [0.5, 0.6) is 0 Å². The molecule has 0 aliphatic heterocycles. The molecule has 0 atom stereocenters. The van der Waals surface area contributed by atoms with Crippen molar-refractivity contribution in [2.75, 3.05) is 6.26 Å². The summed E-state index contributed by atoms with van der Waals surface area (Å²) in [6, 6.07) is 17.6. The van der Waals surface area contributed by atoms with Crippen molar-refractivity contribution in [1.82, 2.24) is 9.78 Å². The molecule has 0 radical (unpaired) electrons. The van der Waals surface area contributed by atoms with Gasteiger partial charge in [-0.05, 0) is 55.8 Å². The highest BCUT2D eigenvalue weighted by atomic mass is 35.5. The van der Waals surface area contributed by atoms with Crippen LogP contribution >= 0.6 is 34.5 Å². The van der Waals surface area contributed by atoms with Gasteiger partial charge in [0.05, 0.1) is 36.9 Å². The van der Waals surface area contributed by atoms with Gasteiger partial charge in [0.1, 0.15) is 5.60 Å². The Morgan fingerprint density at radius 2 is 1.72 bits per heavy atom. The van der Waals surface area contributed by atoms with E-state index in [-0.39, 0.29) is 4.90 Å². The van der Waals surface area contributed by atoms with Crippen LogP contribution in [0.25, 0.3) is 26.7 Å². The van der Waals surface area contributed by atoms with Crippen LogP contribution in [0.2, 0.25) is 10.0 Å². The van der Waals surface area contributed by atoms with Gasteiger partial charge >= 0.3 is 0 Å². The maximum Gasteiger partial charge on any atom is 0.175 e. The van der Waals surface area contributed by atoms with Gasteiger partial charge in [0.25, 0.3) is 0 Å². The summed E-state index contributed by atoms with van der Waals surface area (Å²) in [5.41, 5.74) is 1.38.